The van der Waals surface area contributed by atoms with E-state index in [0.29, 0.717) is 10.8 Å². The van der Waals surface area contributed by atoms with Crippen molar-refractivity contribution in [2.24, 2.45) is 28.6 Å². The molecule has 0 aromatic carbocycles. The Morgan fingerprint density at radius 1 is 0.773 bits per heavy atom. The maximum Gasteiger partial charge on any atom is -0.0272 e. The van der Waals surface area contributed by atoms with Gasteiger partial charge in [-0.1, -0.05) is 73.1 Å². The predicted molar refractivity (Wildman–Crippen MR) is 99.1 cm³/mol. The van der Waals surface area contributed by atoms with E-state index in [4.69, 9.17) is 0 Å². The molecule has 2 aliphatic carbocycles. The molecule has 2 aliphatic rings. The molecule has 0 amide bonds. The van der Waals surface area contributed by atoms with E-state index >= 15 is 0 Å². The molecule has 0 radical (unpaired) electrons. The fourth-order valence-electron chi connectivity index (χ4n) is 5.78. The Labute approximate surface area is 140 Å². The molecule has 0 aromatic rings. The van der Waals surface area contributed by atoms with E-state index < -0.39 is 0 Å². The highest BCUT2D eigenvalue weighted by molar-refractivity contribution is 4.91. The minimum atomic E-state index is 0.544. The standard InChI is InChI=1S/C22H42/c1-6-19-12-8-7-9-13-20-14-10-11-16-22(20,5)18(2)15-17-21(19,3)4/h18-20H,6-17H2,1-5H3. The number of hydrogen-bond donors (Lipinski definition) is 0. The lowest BCUT2D eigenvalue weighted by molar-refractivity contribution is 0.0268. The summed E-state index contributed by atoms with van der Waals surface area (Å²) in [4.78, 5) is 0. The monoisotopic (exact) mass is 306 g/mol. The maximum absolute atomic E-state index is 2.65. The molecule has 4 unspecified atom stereocenters. The van der Waals surface area contributed by atoms with Crippen molar-refractivity contribution in [2.45, 2.75) is 112 Å². The van der Waals surface area contributed by atoms with Crippen LogP contribution >= 0.6 is 0 Å². The molecule has 0 heteroatoms. The van der Waals surface area contributed by atoms with Crippen molar-refractivity contribution in [3.63, 3.8) is 0 Å². The smallest absolute Gasteiger partial charge is 0.0272 e. The summed E-state index contributed by atoms with van der Waals surface area (Å²) >= 11 is 0. The third kappa shape index (κ3) is 4.09. The van der Waals surface area contributed by atoms with Gasteiger partial charge in [-0.2, -0.15) is 0 Å². The summed E-state index contributed by atoms with van der Waals surface area (Å²) in [7, 11) is 0. The summed E-state index contributed by atoms with van der Waals surface area (Å²) in [6.07, 6.45) is 17.7. The third-order valence-electron chi connectivity index (χ3n) is 8.00. The molecule has 2 fully saturated rings. The molecule has 0 heterocycles. The minimum Gasteiger partial charge on any atom is -0.0651 e. The SMILES string of the molecule is CCC1CCCCCC2CCCCC2(C)C(C)CCC1(C)C. The van der Waals surface area contributed by atoms with Crippen LogP contribution in [0.1, 0.15) is 112 Å². The number of rotatable bonds is 1. The lowest BCUT2D eigenvalue weighted by Gasteiger charge is -2.48. The molecule has 0 N–H and O–H groups in total. The van der Waals surface area contributed by atoms with E-state index in [2.05, 4.69) is 34.6 Å². The molecule has 2 rings (SSSR count). The third-order valence-corrected chi connectivity index (χ3v) is 8.00. The Morgan fingerprint density at radius 2 is 1.41 bits per heavy atom. The van der Waals surface area contributed by atoms with E-state index in [0.717, 1.165) is 17.8 Å². The quantitative estimate of drug-likeness (QED) is 0.467. The molecule has 0 nitrogen and oxygen atoms in total. The summed E-state index contributed by atoms with van der Waals surface area (Å²) < 4.78 is 0. The summed E-state index contributed by atoms with van der Waals surface area (Å²) in [5.41, 5.74) is 1.18. The van der Waals surface area contributed by atoms with Crippen LogP contribution in [0.3, 0.4) is 0 Å². The summed E-state index contributed by atoms with van der Waals surface area (Å²) in [6.45, 7) is 12.8. The minimum absolute atomic E-state index is 0.544. The second kappa shape index (κ2) is 7.71. The molecule has 0 saturated heterocycles. The van der Waals surface area contributed by atoms with Gasteiger partial charge in [-0.3, -0.25) is 0 Å². The van der Waals surface area contributed by atoms with Crippen LogP contribution in [0.15, 0.2) is 0 Å². The van der Waals surface area contributed by atoms with Crippen LogP contribution in [-0.4, -0.2) is 0 Å². The van der Waals surface area contributed by atoms with Gasteiger partial charge in [0.05, 0.1) is 0 Å². The fraction of sp³-hybridized carbons (Fsp3) is 1.00. The van der Waals surface area contributed by atoms with Crippen LogP contribution in [0.25, 0.3) is 0 Å². The van der Waals surface area contributed by atoms with Crippen molar-refractivity contribution in [1.29, 1.82) is 0 Å². The highest BCUT2D eigenvalue weighted by atomic mass is 14.5. The van der Waals surface area contributed by atoms with Crippen LogP contribution < -0.4 is 0 Å². The molecule has 0 aromatic heterocycles. The lowest BCUT2D eigenvalue weighted by Crippen LogP contribution is -2.38. The van der Waals surface area contributed by atoms with E-state index in [1.165, 1.54) is 77.0 Å². The van der Waals surface area contributed by atoms with Gasteiger partial charge in [-0.05, 0) is 67.1 Å². The lowest BCUT2D eigenvalue weighted by atomic mass is 9.58. The Morgan fingerprint density at radius 3 is 2.09 bits per heavy atom. The predicted octanol–water partition coefficient (Wildman–Crippen LogP) is 7.62. The molecule has 0 aliphatic heterocycles. The van der Waals surface area contributed by atoms with Gasteiger partial charge < -0.3 is 0 Å². The maximum atomic E-state index is 2.65. The zero-order chi connectivity index (χ0) is 16.2. The van der Waals surface area contributed by atoms with Gasteiger partial charge in [-0.25, -0.2) is 0 Å². The van der Waals surface area contributed by atoms with Crippen LogP contribution in [0.5, 0.6) is 0 Å². The van der Waals surface area contributed by atoms with Crippen molar-refractivity contribution in [3.05, 3.63) is 0 Å². The molecule has 2 saturated carbocycles. The average molecular weight is 307 g/mol. The van der Waals surface area contributed by atoms with E-state index in [1.54, 1.807) is 0 Å². The van der Waals surface area contributed by atoms with E-state index in [9.17, 15) is 0 Å². The molecule has 22 heavy (non-hydrogen) atoms. The van der Waals surface area contributed by atoms with E-state index in [-0.39, 0.29) is 0 Å². The van der Waals surface area contributed by atoms with Gasteiger partial charge in [0.15, 0.2) is 0 Å². The van der Waals surface area contributed by atoms with Crippen molar-refractivity contribution >= 4 is 0 Å². The van der Waals surface area contributed by atoms with Crippen LogP contribution in [0.4, 0.5) is 0 Å². The normalized spacial score (nSPS) is 41.0. The second-order valence-corrected chi connectivity index (χ2v) is 9.62. The van der Waals surface area contributed by atoms with Crippen LogP contribution in [0, 0.1) is 28.6 Å². The topological polar surface area (TPSA) is 0 Å². The van der Waals surface area contributed by atoms with Gasteiger partial charge in [0.25, 0.3) is 0 Å². The average Bonchev–Trinajstić information content (AvgIpc) is 2.49. The molecule has 0 bridgehead atoms. The van der Waals surface area contributed by atoms with Gasteiger partial charge in [0, 0.05) is 0 Å². The first-order chi connectivity index (χ1) is 10.4. The second-order valence-electron chi connectivity index (χ2n) is 9.62. The first kappa shape index (κ1) is 18.3. The Balaban J connectivity index is 2.12. The van der Waals surface area contributed by atoms with Crippen molar-refractivity contribution in [1.82, 2.24) is 0 Å². The number of fused-ring (bicyclic) bond motifs is 1. The molecular formula is C22H42. The zero-order valence-electron chi connectivity index (χ0n) is 16.2. The van der Waals surface area contributed by atoms with Crippen LogP contribution in [-0.2, 0) is 0 Å². The zero-order valence-corrected chi connectivity index (χ0v) is 16.2. The first-order valence-corrected chi connectivity index (χ1v) is 10.4. The van der Waals surface area contributed by atoms with Gasteiger partial charge in [0.1, 0.15) is 0 Å². The summed E-state index contributed by atoms with van der Waals surface area (Å²) in [6, 6.07) is 0. The van der Waals surface area contributed by atoms with Gasteiger partial charge in [-0.15, -0.1) is 0 Å². The summed E-state index contributed by atoms with van der Waals surface area (Å²) in [5.74, 6) is 2.86. The molecule has 0 spiro atoms. The van der Waals surface area contributed by atoms with Gasteiger partial charge in [0.2, 0.25) is 0 Å². The Kier molecular flexibility index (Phi) is 6.43. The van der Waals surface area contributed by atoms with Gasteiger partial charge >= 0.3 is 0 Å². The van der Waals surface area contributed by atoms with Crippen LogP contribution in [0.2, 0.25) is 0 Å². The highest BCUT2D eigenvalue weighted by Gasteiger charge is 2.41. The summed E-state index contributed by atoms with van der Waals surface area (Å²) in [5, 5.41) is 0. The molecule has 4 atom stereocenters. The highest BCUT2D eigenvalue weighted by Crippen LogP contribution is 2.51. The molecular weight excluding hydrogens is 264 g/mol. The first-order valence-electron chi connectivity index (χ1n) is 10.4. The molecule has 130 valence electrons. The van der Waals surface area contributed by atoms with E-state index in [1.807, 2.05) is 0 Å². The largest absolute Gasteiger partial charge is 0.0651 e. The fourth-order valence-corrected chi connectivity index (χ4v) is 5.78. The Bertz CT molecular complexity index is 329. The van der Waals surface area contributed by atoms with Crippen molar-refractivity contribution in [2.75, 3.05) is 0 Å². The number of hydrogen-bond acceptors (Lipinski definition) is 0. The Hall–Kier alpha value is 0. The van der Waals surface area contributed by atoms with Crippen molar-refractivity contribution in [3.8, 4) is 0 Å². The van der Waals surface area contributed by atoms with Crippen molar-refractivity contribution < 1.29 is 0 Å².